The first-order valence-corrected chi connectivity index (χ1v) is 0. The zero-order valence-corrected chi connectivity index (χ0v) is 6.31. The van der Waals surface area contributed by atoms with Crippen molar-refractivity contribution < 1.29 is 39.0 Å². The molecular formula is H3LiMgMnNiO. The van der Waals surface area contributed by atoms with Crippen LogP contribution in [0.2, 0.25) is 0 Å². The minimum atomic E-state index is 0. The fourth-order valence-corrected chi connectivity index (χ4v) is 0. The third kappa shape index (κ3) is 21.8. The molecule has 1 nitrogen and oxygen atoms in total. The Morgan fingerprint density at radius 1 is 1.00 bits per heavy atom. The van der Waals surface area contributed by atoms with E-state index < -0.39 is 0 Å². The van der Waals surface area contributed by atoms with Crippen molar-refractivity contribution in [1.29, 1.82) is 0 Å². The van der Waals surface area contributed by atoms with E-state index in [1.807, 2.05) is 0 Å². The Labute approximate surface area is 80.1 Å². The number of hydrogen-bond acceptors (Lipinski definition) is 1. The van der Waals surface area contributed by atoms with Gasteiger partial charge in [0.2, 0.25) is 0 Å². The van der Waals surface area contributed by atoms with Crippen LogP contribution in [-0.4, -0.2) is 47.4 Å². The molecule has 0 spiro atoms. The molecule has 5 heavy (non-hydrogen) atoms. The van der Waals surface area contributed by atoms with Crippen LogP contribution < -0.4 is 0 Å². The van der Waals surface area contributed by atoms with Gasteiger partial charge in [0, 0.05) is 33.6 Å². The van der Waals surface area contributed by atoms with Crippen molar-refractivity contribution in [3.05, 3.63) is 0 Å². The van der Waals surface area contributed by atoms with Gasteiger partial charge in [-0.15, -0.1) is 0 Å². The molecule has 0 saturated carbocycles. The standard InChI is InChI=1S/Li.Mg.Mn.Ni.H2O.2H/h;;;;1H2;;/q;+1;;;;;/p-1. The summed E-state index contributed by atoms with van der Waals surface area (Å²) in [5.41, 5.74) is 0. The molecule has 0 aromatic heterocycles. The van der Waals surface area contributed by atoms with E-state index in [2.05, 4.69) is 0 Å². The first kappa shape index (κ1) is 54.0. The van der Waals surface area contributed by atoms with Crippen LogP contribution in [0.15, 0.2) is 0 Å². The van der Waals surface area contributed by atoms with E-state index in [0.717, 1.165) is 0 Å². The van der Waals surface area contributed by atoms with E-state index in [0.29, 0.717) is 0 Å². The summed E-state index contributed by atoms with van der Waals surface area (Å²) in [7, 11) is 0. The van der Waals surface area contributed by atoms with E-state index >= 15 is 0 Å². The van der Waals surface area contributed by atoms with Crippen LogP contribution in [0.4, 0.5) is 0 Å². The van der Waals surface area contributed by atoms with Gasteiger partial charge in [0.1, 0.15) is 0 Å². The minimum absolute atomic E-state index is 0. The van der Waals surface area contributed by atoms with Crippen LogP contribution in [0.1, 0.15) is 0 Å². The van der Waals surface area contributed by atoms with Gasteiger partial charge >= 0.3 is 41.9 Å². The van der Waals surface area contributed by atoms with Gasteiger partial charge in [-0.1, -0.05) is 0 Å². The molecule has 29 valence electrons. The van der Waals surface area contributed by atoms with Crippen LogP contribution in [-0.2, 0) is 33.6 Å². The molecule has 1 radical (unpaired) electrons. The summed E-state index contributed by atoms with van der Waals surface area (Å²) in [6.07, 6.45) is 0. The van der Waals surface area contributed by atoms with Crippen molar-refractivity contribution in [3.63, 3.8) is 0 Å². The first-order chi connectivity index (χ1) is 0. The van der Waals surface area contributed by atoms with Crippen LogP contribution in [0.25, 0.3) is 0 Å². The van der Waals surface area contributed by atoms with Crippen molar-refractivity contribution in [2.24, 2.45) is 0 Å². The summed E-state index contributed by atoms with van der Waals surface area (Å²) in [5.74, 6) is 0. The summed E-state index contributed by atoms with van der Waals surface area (Å²) in [4.78, 5) is 0. The van der Waals surface area contributed by atoms with Crippen LogP contribution >= 0.6 is 0 Å². The Bertz CT molecular complexity index is 11.6. The fourth-order valence-electron chi connectivity index (χ4n) is 0. The van der Waals surface area contributed by atoms with Gasteiger partial charge in [-0.25, -0.2) is 0 Å². The van der Waals surface area contributed by atoms with Gasteiger partial charge in [0.15, 0.2) is 0 Å². The Morgan fingerprint density at radius 3 is 1.00 bits per heavy atom. The quantitative estimate of drug-likeness (QED) is 0.401. The van der Waals surface area contributed by atoms with Crippen molar-refractivity contribution >= 4 is 41.9 Å². The van der Waals surface area contributed by atoms with Gasteiger partial charge in [0.05, 0.1) is 0 Å². The van der Waals surface area contributed by atoms with Crippen LogP contribution in [0, 0.1) is 0 Å². The number of rotatable bonds is 0. The molecule has 0 rings (SSSR count). The normalized spacial score (nSPS) is 0. The smallest absolute Gasteiger partial charge is 0 e. The maximum Gasteiger partial charge on any atom is 0 e. The average molecular weight is 164 g/mol. The molecule has 5 heteroatoms. The van der Waals surface area contributed by atoms with Crippen molar-refractivity contribution in [1.82, 2.24) is 0 Å². The molecule has 0 aromatic carbocycles. The molecule has 0 atom stereocenters. The zero-order chi connectivity index (χ0) is 0. The second-order valence-electron chi connectivity index (χ2n) is 0. The van der Waals surface area contributed by atoms with E-state index in [4.69, 9.17) is 0 Å². The number of hydrogen-bond donors (Lipinski definition) is 0. The van der Waals surface area contributed by atoms with Gasteiger partial charge in [-0.3, -0.25) is 0 Å². The van der Waals surface area contributed by atoms with E-state index in [1.165, 1.54) is 0 Å². The molecule has 0 aliphatic rings. The molecule has 0 heterocycles. The second kappa shape index (κ2) is 33.1. The van der Waals surface area contributed by atoms with E-state index in [9.17, 15) is 0 Å². The molecule has 0 amide bonds. The summed E-state index contributed by atoms with van der Waals surface area (Å²) < 4.78 is 0. The molecule has 0 bridgehead atoms. The van der Waals surface area contributed by atoms with E-state index in [-0.39, 0.29) is 80.9 Å². The Hall–Kier alpha value is 2.34. The van der Waals surface area contributed by atoms with E-state index in [1.54, 1.807) is 0 Å². The molecule has 0 saturated heterocycles. The first-order valence-electron chi connectivity index (χ1n) is 0. The van der Waals surface area contributed by atoms with Crippen LogP contribution in [0.3, 0.4) is 0 Å². The van der Waals surface area contributed by atoms with Gasteiger partial charge in [-0.2, -0.15) is 0 Å². The second-order valence-corrected chi connectivity index (χ2v) is 0. The zero-order valence-electron chi connectivity index (χ0n) is 2.14. The molecule has 0 aliphatic heterocycles. The summed E-state index contributed by atoms with van der Waals surface area (Å²) in [5, 5.41) is 0. The van der Waals surface area contributed by atoms with Gasteiger partial charge in [0.25, 0.3) is 0 Å². The minimum Gasteiger partial charge on any atom is -0.870 e. The Kier molecular flexibility index (Phi) is 357. The molecule has 0 aliphatic carbocycles. The monoisotopic (exact) mass is 163 g/mol. The SMILES string of the molecule is [LiH].[MgH+].[Mn].[Ni].[OH-]. The topological polar surface area (TPSA) is 30.0 Å². The van der Waals surface area contributed by atoms with Crippen molar-refractivity contribution in [2.45, 2.75) is 0 Å². The maximum absolute atomic E-state index is 0. The molecule has 0 fully saturated rings. The maximum atomic E-state index is 0. The average Bonchev–Trinajstić information content (AvgIpc) is 0. The van der Waals surface area contributed by atoms with Crippen LogP contribution in [0.5, 0.6) is 0 Å². The fraction of sp³-hybridized carbons (Fsp3) is 0. The summed E-state index contributed by atoms with van der Waals surface area (Å²) in [6.45, 7) is 0. The summed E-state index contributed by atoms with van der Waals surface area (Å²) in [6, 6.07) is 0. The Balaban J connectivity index is 0. The predicted octanol–water partition coefficient (Wildman–Crippen LogP) is -1.48. The largest absolute Gasteiger partial charge is 0.870 e. The van der Waals surface area contributed by atoms with Gasteiger partial charge < -0.3 is 5.48 Å². The molecule has 0 aromatic rings. The van der Waals surface area contributed by atoms with Crippen molar-refractivity contribution in [2.75, 3.05) is 0 Å². The Morgan fingerprint density at radius 2 is 1.00 bits per heavy atom. The molecule has 0 unspecified atom stereocenters. The van der Waals surface area contributed by atoms with Crippen molar-refractivity contribution in [3.8, 4) is 0 Å². The van der Waals surface area contributed by atoms with Gasteiger partial charge in [-0.05, 0) is 0 Å². The molecular weight excluding hydrogens is 161 g/mol. The molecule has 1 N–H and O–H groups in total. The third-order valence-electron chi connectivity index (χ3n) is 0. The third-order valence-corrected chi connectivity index (χ3v) is 0. The predicted molar refractivity (Wildman–Crippen MR) is 16.2 cm³/mol. The summed E-state index contributed by atoms with van der Waals surface area (Å²) >= 11 is 0.